The molecule has 18 heavy (non-hydrogen) atoms. The summed E-state index contributed by atoms with van der Waals surface area (Å²) in [7, 11) is 0. The van der Waals surface area contributed by atoms with Crippen LogP contribution in [0.5, 0.6) is 0 Å². The molecular weight excluding hydrogens is 255 g/mol. The van der Waals surface area contributed by atoms with E-state index in [2.05, 4.69) is 15.5 Å². The standard InChI is InChI=1S/C8H10F3N5O2/c1-5(17)14-6-2-13-16(15-6)3-7(18)12-4-8(9,10)11/h2H,3-4H2,1H3,(H,12,18)(H,14,15,17). The van der Waals surface area contributed by atoms with Crippen molar-refractivity contribution in [2.45, 2.75) is 19.6 Å². The molecular formula is C8H10F3N5O2. The number of carbonyl (C=O) groups is 2. The quantitative estimate of drug-likeness (QED) is 0.796. The molecule has 0 spiro atoms. The summed E-state index contributed by atoms with van der Waals surface area (Å²) in [4.78, 5) is 22.6. The zero-order valence-corrected chi connectivity index (χ0v) is 9.28. The van der Waals surface area contributed by atoms with Crippen molar-refractivity contribution < 1.29 is 22.8 Å². The van der Waals surface area contributed by atoms with Gasteiger partial charge in [0.1, 0.15) is 13.1 Å². The minimum Gasteiger partial charge on any atom is -0.345 e. The van der Waals surface area contributed by atoms with Crippen LogP contribution in [-0.2, 0) is 16.1 Å². The predicted octanol–water partition coefficient (Wildman–Crippen LogP) is -0.0850. The third-order valence-corrected chi connectivity index (χ3v) is 1.61. The van der Waals surface area contributed by atoms with Crippen molar-refractivity contribution in [3.05, 3.63) is 6.20 Å². The molecule has 2 N–H and O–H groups in total. The third kappa shape index (κ3) is 5.27. The molecule has 0 aromatic carbocycles. The zero-order valence-electron chi connectivity index (χ0n) is 9.28. The Kier molecular flexibility index (Phi) is 4.23. The van der Waals surface area contributed by atoms with E-state index in [0.29, 0.717) is 0 Å². The number of hydrogen-bond acceptors (Lipinski definition) is 4. The second-order valence-corrected chi connectivity index (χ2v) is 3.33. The van der Waals surface area contributed by atoms with Crippen LogP contribution < -0.4 is 10.6 Å². The molecule has 1 aromatic rings. The molecule has 0 aliphatic heterocycles. The van der Waals surface area contributed by atoms with E-state index in [1.54, 1.807) is 5.32 Å². The van der Waals surface area contributed by atoms with Gasteiger partial charge in [-0.1, -0.05) is 0 Å². The highest BCUT2D eigenvalue weighted by Crippen LogP contribution is 2.12. The van der Waals surface area contributed by atoms with Gasteiger partial charge in [0, 0.05) is 6.92 Å². The van der Waals surface area contributed by atoms with Crippen molar-refractivity contribution in [2.24, 2.45) is 0 Å². The number of nitrogens with zero attached hydrogens (tertiary/aromatic N) is 3. The SMILES string of the molecule is CC(=O)Nc1cnn(CC(=O)NCC(F)(F)F)n1. The highest BCUT2D eigenvalue weighted by Gasteiger charge is 2.27. The normalized spacial score (nSPS) is 11.1. The summed E-state index contributed by atoms with van der Waals surface area (Å²) in [5, 5.41) is 11.2. The van der Waals surface area contributed by atoms with Crippen molar-refractivity contribution in [1.29, 1.82) is 0 Å². The minimum absolute atomic E-state index is 0.117. The van der Waals surface area contributed by atoms with Crippen molar-refractivity contribution in [1.82, 2.24) is 20.3 Å². The summed E-state index contributed by atoms with van der Waals surface area (Å²) in [6.45, 7) is -0.615. The molecule has 10 heteroatoms. The van der Waals surface area contributed by atoms with E-state index in [9.17, 15) is 22.8 Å². The first-order chi connectivity index (χ1) is 8.26. The number of alkyl halides is 3. The molecule has 0 aliphatic carbocycles. The molecule has 1 rings (SSSR count). The smallest absolute Gasteiger partial charge is 0.345 e. The fourth-order valence-electron chi connectivity index (χ4n) is 0.994. The maximum atomic E-state index is 11.8. The number of anilines is 1. The molecule has 0 bridgehead atoms. The van der Waals surface area contributed by atoms with Gasteiger partial charge in [0.15, 0.2) is 5.82 Å². The number of carbonyl (C=O) groups excluding carboxylic acids is 2. The average Bonchev–Trinajstić information content (AvgIpc) is 2.60. The number of nitrogens with one attached hydrogen (secondary N) is 2. The monoisotopic (exact) mass is 265 g/mol. The lowest BCUT2D eigenvalue weighted by Crippen LogP contribution is -2.36. The largest absolute Gasteiger partial charge is 0.405 e. The van der Waals surface area contributed by atoms with Crippen LogP contribution in [0, 0.1) is 0 Å². The summed E-state index contributed by atoms with van der Waals surface area (Å²) in [5.74, 6) is -1.13. The number of amides is 2. The van der Waals surface area contributed by atoms with E-state index in [0.717, 1.165) is 4.80 Å². The Hall–Kier alpha value is -2.13. The first kappa shape index (κ1) is 13.9. The zero-order chi connectivity index (χ0) is 13.8. The summed E-state index contributed by atoms with van der Waals surface area (Å²) in [5.41, 5.74) is 0. The Morgan fingerprint density at radius 1 is 1.44 bits per heavy atom. The molecule has 0 atom stereocenters. The molecule has 100 valence electrons. The highest BCUT2D eigenvalue weighted by molar-refractivity contribution is 5.87. The topological polar surface area (TPSA) is 88.9 Å². The van der Waals surface area contributed by atoms with E-state index in [-0.39, 0.29) is 11.7 Å². The molecule has 7 nitrogen and oxygen atoms in total. The number of halogens is 3. The van der Waals surface area contributed by atoms with Crippen LogP contribution in [0.1, 0.15) is 6.92 Å². The first-order valence-corrected chi connectivity index (χ1v) is 4.77. The van der Waals surface area contributed by atoms with Crippen LogP contribution >= 0.6 is 0 Å². The van der Waals surface area contributed by atoms with Gasteiger partial charge in [0.25, 0.3) is 0 Å². The van der Waals surface area contributed by atoms with Crippen LogP contribution in [0.3, 0.4) is 0 Å². The van der Waals surface area contributed by atoms with E-state index in [4.69, 9.17) is 0 Å². The fraction of sp³-hybridized carbons (Fsp3) is 0.500. The van der Waals surface area contributed by atoms with Gasteiger partial charge in [0.05, 0.1) is 6.20 Å². The van der Waals surface area contributed by atoms with Crippen LogP contribution in [0.2, 0.25) is 0 Å². The molecule has 2 amide bonds. The second-order valence-electron chi connectivity index (χ2n) is 3.33. The number of rotatable bonds is 4. The molecule has 0 fully saturated rings. The molecule has 1 heterocycles. The summed E-state index contributed by atoms with van der Waals surface area (Å²) < 4.78 is 35.4. The minimum atomic E-state index is -4.46. The van der Waals surface area contributed by atoms with Crippen LogP contribution in [0.4, 0.5) is 19.0 Å². The van der Waals surface area contributed by atoms with Gasteiger partial charge in [0.2, 0.25) is 11.8 Å². The van der Waals surface area contributed by atoms with Gasteiger partial charge >= 0.3 is 6.18 Å². The molecule has 0 saturated heterocycles. The second kappa shape index (κ2) is 5.47. The Morgan fingerprint density at radius 3 is 2.67 bits per heavy atom. The van der Waals surface area contributed by atoms with Crippen LogP contribution in [0.25, 0.3) is 0 Å². The lowest BCUT2D eigenvalue weighted by atomic mass is 10.5. The van der Waals surface area contributed by atoms with Gasteiger partial charge in [-0.2, -0.15) is 23.1 Å². The Labute approximate surface area is 99.3 Å². The fourth-order valence-corrected chi connectivity index (χ4v) is 0.994. The lowest BCUT2D eigenvalue weighted by Gasteiger charge is -2.07. The Morgan fingerprint density at radius 2 is 2.11 bits per heavy atom. The van der Waals surface area contributed by atoms with Gasteiger partial charge in [-0.05, 0) is 0 Å². The average molecular weight is 265 g/mol. The van der Waals surface area contributed by atoms with E-state index < -0.39 is 25.2 Å². The van der Waals surface area contributed by atoms with Crippen LogP contribution in [0.15, 0.2) is 6.20 Å². The Balaban J connectivity index is 2.45. The summed E-state index contributed by atoms with van der Waals surface area (Å²) in [6.07, 6.45) is -3.28. The number of aromatic nitrogens is 3. The van der Waals surface area contributed by atoms with Gasteiger partial charge in [-0.3, -0.25) is 9.59 Å². The molecule has 0 radical (unpaired) electrons. The van der Waals surface area contributed by atoms with Gasteiger partial charge < -0.3 is 10.6 Å². The van der Waals surface area contributed by atoms with Crippen molar-refractivity contribution in [2.75, 3.05) is 11.9 Å². The van der Waals surface area contributed by atoms with E-state index in [1.807, 2.05) is 0 Å². The van der Waals surface area contributed by atoms with E-state index in [1.165, 1.54) is 13.1 Å². The predicted molar refractivity (Wildman–Crippen MR) is 53.4 cm³/mol. The van der Waals surface area contributed by atoms with Gasteiger partial charge in [-0.25, -0.2) is 0 Å². The molecule has 0 unspecified atom stereocenters. The Bertz CT molecular complexity index is 442. The van der Waals surface area contributed by atoms with E-state index >= 15 is 0 Å². The molecule has 0 aliphatic rings. The molecule has 0 saturated carbocycles. The van der Waals surface area contributed by atoms with Crippen molar-refractivity contribution >= 4 is 17.6 Å². The van der Waals surface area contributed by atoms with Gasteiger partial charge in [-0.15, -0.1) is 5.10 Å². The maximum Gasteiger partial charge on any atom is 0.405 e. The number of hydrogen-bond donors (Lipinski definition) is 2. The van der Waals surface area contributed by atoms with Crippen LogP contribution in [-0.4, -0.2) is 39.5 Å². The maximum absolute atomic E-state index is 11.8. The van der Waals surface area contributed by atoms with Crippen molar-refractivity contribution in [3.63, 3.8) is 0 Å². The summed E-state index contributed by atoms with van der Waals surface area (Å²) >= 11 is 0. The highest BCUT2D eigenvalue weighted by atomic mass is 19.4. The third-order valence-electron chi connectivity index (χ3n) is 1.61. The molecule has 1 aromatic heterocycles. The van der Waals surface area contributed by atoms with Crippen molar-refractivity contribution in [3.8, 4) is 0 Å². The lowest BCUT2D eigenvalue weighted by molar-refractivity contribution is -0.139. The summed E-state index contributed by atoms with van der Waals surface area (Å²) in [6, 6.07) is 0. The first-order valence-electron chi connectivity index (χ1n) is 4.77.